The second kappa shape index (κ2) is 11.4. The quantitative estimate of drug-likeness (QED) is 0.233. The second-order valence-electron chi connectivity index (χ2n) is 9.98. The molecule has 5 rings (SSSR count). The van der Waals surface area contributed by atoms with Gasteiger partial charge in [0.05, 0.1) is 23.8 Å². The first-order valence-corrected chi connectivity index (χ1v) is 13.0. The molecule has 1 atom stereocenters. The Bertz CT molecular complexity index is 1520. The highest BCUT2D eigenvalue weighted by Gasteiger charge is 2.28. The Morgan fingerprint density at radius 3 is 2.08 bits per heavy atom. The molecule has 0 aliphatic heterocycles. The molecule has 1 amide bonds. The van der Waals surface area contributed by atoms with Crippen molar-refractivity contribution >= 4 is 16.8 Å². The van der Waals surface area contributed by atoms with E-state index in [1.807, 2.05) is 32.3 Å². The molecule has 0 bridgehead atoms. The van der Waals surface area contributed by atoms with E-state index in [9.17, 15) is 4.79 Å². The average Bonchev–Trinajstić information content (AvgIpc) is 2.94. The van der Waals surface area contributed by atoms with Gasteiger partial charge in [0.25, 0.3) is 0 Å². The van der Waals surface area contributed by atoms with Crippen LogP contribution in [0.3, 0.4) is 0 Å². The first-order valence-electron chi connectivity index (χ1n) is 13.0. The Kier molecular flexibility index (Phi) is 7.62. The molecule has 4 nitrogen and oxygen atoms in total. The summed E-state index contributed by atoms with van der Waals surface area (Å²) < 4.78 is 0. The van der Waals surface area contributed by atoms with Crippen molar-refractivity contribution in [1.29, 1.82) is 0 Å². The summed E-state index contributed by atoms with van der Waals surface area (Å²) in [6, 6.07) is 39.7. The topological polar surface area (TPSA) is 36.4 Å². The van der Waals surface area contributed by atoms with Gasteiger partial charge in [-0.2, -0.15) is 0 Å². The Morgan fingerprint density at radius 2 is 1.42 bits per heavy atom. The molecule has 4 heteroatoms. The molecule has 38 heavy (non-hydrogen) atoms. The molecule has 1 aromatic heterocycles. The molecule has 0 saturated heterocycles. The molecular formula is C34H33N3O. The number of aromatic nitrogens is 1. The summed E-state index contributed by atoms with van der Waals surface area (Å²) in [6.07, 6.45) is 0. The first kappa shape index (κ1) is 25.4. The molecular weight excluding hydrogens is 466 g/mol. The molecule has 1 heterocycles. The highest BCUT2D eigenvalue weighted by Crippen LogP contribution is 2.37. The van der Waals surface area contributed by atoms with Gasteiger partial charge in [0, 0.05) is 37.2 Å². The summed E-state index contributed by atoms with van der Waals surface area (Å²) in [5.41, 5.74) is 7.52. The minimum Gasteiger partial charge on any atom is -0.348 e. The van der Waals surface area contributed by atoms with Crippen LogP contribution in [0.5, 0.6) is 0 Å². The van der Waals surface area contributed by atoms with Crippen molar-refractivity contribution in [3.63, 3.8) is 0 Å². The van der Waals surface area contributed by atoms with Crippen LogP contribution in [0.25, 0.3) is 22.2 Å². The van der Waals surface area contributed by atoms with Crippen LogP contribution in [0.4, 0.5) is 0 Å². The van der Waals surface area contributed by atoms with Crippen molar-refractivity contribution in [2.75, 3.05) is 20.6 Å². The van der Waals surface area contributed by atoms with E-state index in [1.165, 1.54) is 5.56 Å². The lowest BCUT2D eigenvalue weighted by Crippen LogP contribution is -2.39. The van der Waals surface area contributed by atoms with E-state index in [1.54, 1.807) is 4.90 Å². The Morgan fingerprint density at radius 1 is 0.789 bits per heavy atom. The fourth-order valence-electron chi connectivity index (χ4n) is 4.94. The third-order valence-electron chi connectivity index (χ3n) is 6.89. The molecule has 0 N–H and O–H groups in total. The van der Waals surface area contributed by atoms with Crippen LogP contribution in [0.1, 0.15) is 28.3 Å². The number of hydrogen-bond acceptors (Lipinski definition) is 3. The van der Waals surface area contributed by atoms with Gasteiger partial charge in [0.1, 0.15) is 0 Å². The van der Waals surface area contributed by atoms with Gasteiger partial charge in [0.2, 0.25) is 5.91 Å². The molecule has 5 aromatic rings. The molecule has 0 saturated carbocycles. The van der Waals surface area contributed by atoms with Crippen LogP contribution in [0.2, 0.25) is 0 Å². The van der Waals surface area contributed by atoms with Crippen LogP contribution in [0, 0.1) is 6.92 Å². The Labute approximate surface area is 225 Å². The predicted molar refractivity (Wildman–Crippen MR) is 156 cm³/mol. The number of carbonyl (C=O) groups excluding carboxylic acids is 1. The van der Waals surface area contributed by atoms with Gasteiger partial charge in [-0.15, -0.1) is 0 Å². The smallest absolute Gasteiger partial charge is 0.236 e. The Balaban J connectivity index is 1.76. The lowest BCUT2D eigenvalue weighted by molar-refractivity contribution is -0.130. The number of fused-ring (bicyclic) bond motifs is 1. The first-order chi connectivity index (χ1) is 18.5. The zero-order chi connectivity index (χ0) is 26.5. The number of aryl methyl sites for hydroxylation is 1. The van der Waals surface area contributed by atoms with E-state index in [-0.39, 0.29) is 18.5 Å². The van der Waals surface area contributed by atoms with E-state index < -0.39 is 0 Å². The van der Waals surface area contributed by atoms with Crippen LogP contribution in [-0.4, -0.2) is 41.3 Å². The van der Waals surface area contributed by atoms with Crippen molar-refractivity contribution in [3.05, 3.63) is 138 Å². The van der Waals surface area contributed by atoms with E-state index in [4.69, 9.17) is 4.98 Å². The van der Waals surface area contributed by atoms with E-state index in [0.717, 1.165) is 38.9 Å². The van der Waals surface area contributed by atoms with Crippen molar-refractivity contribution in [1.82, 2.24) is 14.8 Å². The molecule has 0 aliphatic rings. The molecule has 0 spiro atoms. The van der Waals surface area contributed by atoms with Gasteiger partial charge in [-0.3, -0.25) is 9.69 Å². The Hall–Kier alpha value is -4.28. The lowest BCUT2D eigenvalue weighted by atomic mass is 9.91. The number of nitrogens with zero attached hydrogens (tertiary/aromatic N) is 3. The van der Waals surface area contributed by atoms with E-state index >= 15 is 0 Å². The second-order valence-corrected chi connectivity index (χ2v) is 9.98. The summed E-state index contributed by atoms with van der Waals surface area (Å²) in [4.78, 5) is 22.3. The van der Waals surface area contributed by atoms with Gasteiger partial charge in [-0.25, -0.2) is 4.98 Å². The maximum atomic E-state index is 13.2. The van der Waals surface area contributed by atoms with Gasteiger partial charge < -0.3 is 4.90 Å². The number of pyridine rings is 1. The number of carbonyl (C=O) groups is 1. The number of amides is 1. The molecule has 0 fully saturated rings. The fourth-order valence-corrected chi connectivity index (χ4v) is 4.94. The summed E-state index contributed by atoms with van der Waals surface area (Å²) in [6.45, 7) is 3.01. The molecule has 4 aromatic carbocycles. The minimum atomic E-state index is -0.187. The highest BCUT2D eigenvalue weighted by molar-refractivity contribution is 5.85. The summed E-state index contributed by atoms with van der Waals surface area (Å²) in [7, 11) is 3.63. The molecule has 190 valence electrons. The maximum Gasteiger partial charge on any atom is 0.236 e. The fraction of sp³-hybridized carbons (Fsp3) is 0.176. The normalized spacial score (nSPS) is 12.0. The van der Waals surface area contributed by atoms with Gasteiger partial charge in [-0.05, 0) is 36.2 Å². The number of rotatable bonds is 8. The molecule has 0 aliphatic carbocycles. The third kappa shape index (κ3) is 5.66. The maximum absolute atomic E-state index is 13.2. The van der Waals surface area contributed by atoms with Crippen LogP contribution >= 0.6 is 0 Å². The lowest BCUT2D eigenvalue weighted by Gasteiger charge is -2.34. The van der Waals surface area contributed by atoms with Crippen molar-refractivity contribution in [2.24, 2.45) is 0 Å². The van der Waals surface area contributed by atoms with E-state index in [0.29, 0.717) is 6.54 Å². The van der Waals surface area contributed by atoms with Gasteiger partial charge >= 0.3 is 0 Å². The number of likely N-dealkylation sites (N-methyl/N-ethyl adjacent to an activating group) is 1. The van der Waals surface area contributed by atoms with Crippen LogP contribution in [-0.2, 0) is 11.3 Å². The van der Waals surface area contributed by atoms with Crippen LogP contribution in [0.15, 0.2) is 115 Å². The zero-order valence-electron chi connectivity index (χ0n) is 22.2. The van der Waals surface area contributed by atoms with Gasteiger partial charge in [-0.1, -0.05) is 103 Å². The SMILES string of the molecule is Cc1ccc2nc(-c3ccccc3)c(C(c3ccccc3)N(CC(=O)N(C)C)Cc3ccccc3)cc2c1. The van der Waals surface area contributed by atoms with Crippen molar-refractivity contribution in [3.8, 4) is 11.3 Å². The van der Waals surface area contributed by atoms with E-state index in [2.05, 4.69) is 109 Å². The largest absolute Gasteiger partial charge is 0.348 e. The number of benzene rings is 4. The predicted octanol–water partition coefficient (Wildman–Crippen LogP) is 6.89. The van der Waals surface area contributed by atoms with Crippen molar-refractivity contribution in [2.45, 2.75) is 19.5 Å². The standard InChI is InChI=1S/C34H33N3O/c1-25-19-20-31-29(21-25)22-30(33(35-31)27-15-9-5-10-16-27)34(28-17-11-6-12-18-28)37(24-32(38)36(2)3)23-26-13-7-4-8-14-26/h4-22,34H,23-24H2,1-3H3. The summed E-state index contributed by atoms with van der Waals surface area (Å²) in [5, 5.41) is 1.10. The monoisotopic (exact) mass is 499 g/mol. The van der Waals surface area contributed by atoms with Crippen LogP contribution < -0.4 is 0 Å². The summed E-state index contributed by atoms with van der Waals surface area (Å²) in [5.74, 6) is 0.0627. The highest BCUT2D eigenvalue weighted by atomic mass is 16.2. The molecule has 0 radical (unpaired) electrons. The average molecular weight is 500 g/mol. The van der Waals surface area contributed by atoms with Crippen molar-refractivity contribution < 1.29 is 4.79 Å². The molecule has 1 unspecified atom stereocenters. The third-order valence-corrected chi connectivity index (χ3v) is 6.89. The van der Waals surface area contributed by atoms with Gasteiger partial charge in [0.15, 0.2) is 0 Å². The zero-order valence-corrected chi connectivity index (χ0v) is 22.2. The minimum absolute atomic E-state index is 0.0627. The number of hydrogen-bond donors (Lipinski definition) is 0. The summed E-state index contributed by atoms with van der Waals surface area (Å²) >= 11 is 0.